The van der Waals surface area contributed by atoms with Gasteiger partial charge in [-0.15, -0.1) is 0 Å². The van der Waals surface area contributed by atoms with E-state index in [0.29, 0.717) is 11.2 Å². The zero-order chi connectivity index (χ0) is 14.6. The van der Waals surface area contributed by atoms with Gasteiger partial charge in [-0.05, 0) is 30.7 Å². The van der Waals surface area contributed by atoms with Gasteiger partial charge in [0.05, 0.1) is 12.0 Å². The summed E-state index contributed by atoms with van der Waals surface area (Å²) in [4.78, 5) is 10.4. The molecule has 1 aromatic carbocycles. The Morgan fingerprint density at radius 1 is 1.40 bits per heavy atom. The van der Waals surface area contributed by atoms with E-state index in [2.05, 4.69) is 12.2 Å². The Hall–Kier alpha value is -1.78. The first-order valence-corrected chi connectivity index (χ1v) is 7.16. The zero-order valence-corrected chi connectivity index (χ0v) is 12.1. The van der Waals surface area contributed by atoms with Crippen molar-refractivity contribution in [3.8, 4) is 5.75 Å². The molecule has 0 spiro atoms. The quantitative estimate of drug-likeness (QED) is 0.631. The molecular weight excluding hydrogens is 256 g/mol. The van der Waals surface area contributed by atoms with Crippen molar-refractivity contribution in [2.24, 2.45) is 5.41 Å². The summed E-state index contributed by atoms with van der Waals surface area (Å²) < 4.78 is 5.09. The predicted molar refractivity (Wildman–Crippen MR) is 79.3 cm³/mol. The lowest BCUT2D eigenvalue weighted by atomic mass is 9.83. The van der Waals surface area contributed by atoms with Gasteiger partial charge >= 0.3 is 5.69 Å². The maximum absolute atomic E-state index is 10.9. The number of nitrogens with zero attached hydrogens (tertiary/aromatic N) is 1. The smallest absolute Gasteiger partial charge is 0.311 e. The van der Waals surface area contributed by atoms with Crippen LogP contribution in [-0.2, 0) is 0 Å². The third-order valence-electron chi connectivity index (χ3n) is 4.46. The molecule has 2 rings (SSSR count). The van der Waals surface area contributed by atoms with Crippen LogP contribution in [0.5, 0.6) is 5.75 Å². The van der Waals surface area contributed by atoms with Crippen molar-refractivity contribution in [1.29, 1.82) is 0 Å². The van der Waals surface area contributed by atoms with E-state index in [4.69, 9.17) is 4.74 Å². The maximum Gasteiger partial charge on any atom is 0.311 e. The lowest BCUT2D eigenvalue weighted by molar-refractivity contribution is -0.385. The molecule has 1 aliphatic carbocycles. The average Bonchev–Trinajstić information content (AvgIpc) is 2.94. The van der Waals surface area contributed by atoms with E-state index in [-0.39, 0.29) is 5.69 Å². The van der Waals surface area contributed by atoms with Gasteiger partial charge in [0.1, 0.15) is 0 Å². The SMILES string of the molecule is CCC1(CNc2ccc([N+](=O)[O-])c(OC)c2)CCCC1. The minimum atomic E-state index is -0.423. The molecule has 0 heterocycles. The molecule has 0 bridgehead atoms. The largest absolute Gasteiger partial charge is 0.490 e. The monoisotopic (exact) mass is 278 g/mol. The van der Waals surface area contributed by atoms with Gasteiger partial charge in [0.15, 0.2) is 5.75 Å². The highest BCUT2D eigenvalue weighted by Crippen LogP contribution is 2.41. The topological polar surface area (TPSA) is 64.4 Å². The van der Waals surface area contributed by atoms with E-state index >= 15 is 0 Å². The molecule has 5 nitrogen and oxygen atoms in total. The van der Waals surface area contributed by atoms with Crippen LogP contribution in [0.2, 0.25) is 0 Å². The maximum atomic E-state index is 10.9. The second-order valence-electron chi connectivity index (χ2n) is 5.56. The average molecular weight is 278 g/mol. The normalized spacial score (nSPS) is 16.9. The highest BCUT2D eigenvalue weighted by molar-refractivity contribution is 5.58. The minimum Gasteiger partial charge on any atom is -0.490 e. The van der Waals surface area contributed by atoms with Crippen LogP contribution in [0.3, 0.4) is 0 Å². The molecule has 0 unspecified atom stereocenters. The summed E-state index contributed by atoms with van der Waals surface area (Å²) in [5.74, 6) is 0.303. The Kier molecular flexibility index (Phi) is 4.47. The van der Waals surface area contributed by atoms with Crippen molar-refractivity contribution in [1.82, 2.24) is 0 Å². The predicted octanol–water partition coefficient (Wildman–Crippen LogP) is 3.99. The van der Waals surface area contributed by atoms with Gasteiger partial charge in [-0.3, -0.25) is 10.1 Å². The summed E-state index contributed by atoms with van der Waals surface area (Å²) in [6.45, 7) is 3.16. The molecule has 1 N–H and O–H groups in total. The number of methoxy groups -OCH3 is 1. The van der Waals surface area contributed by atoms with Gasteiger partial charge in [-0.1, -0.05) is 19.8 Å². The molecule has 0 amide bonds. The lowest BCUT2D eigenvalue weighted by Crippen LogP contribution is -2.25. The first kappa shape index (κ1) is 14.6. The fourth-order valence-electron chi connectivity index (χ4n) is 3.01. The third-order valence-corrected chi connectivity index (χ3v) is 4.46. The lowest BCUT2D eigenvalue weighted by Gasteiger charge is -2.28. The summed E-state index contributed by atoms with van der Waals surface area (Å²) in [6, 6.07) is 4.95. The minimum absolute atomic E-state index is 0.00382. The van der Waals surface area contributed by atoms with E-state index in [1.165, 1.54) is 45.3 Å². The molecular formula is C15H22N2O3. The Bertz CT molecular complexity index is 482. The number of nitro groups is 1. The number of hydrogen-bond acceptors (Lipinski definition) is 4. The van der Waals surface area contributed by atoms with Gasteiger partial charge in [0, 0.05) is 24.4 Å². The van der Waals surface area contributed by atoms with Crippen LogP contribution in [0.15, 0.2) is 18.2 Å². The van der Waals surface area contributed by atoms with Gasteiger partial charge in [-0.25, -0.2) is 0 Å². The summed E-state index contributed by atoms with van der Waals surface area (Å²) in [6.07, 6.45) is 6.31. The molecule has 0 radical (unpaired) electrons. The van der Waals surface area contributed by atoms with Crippen LogP contribution in [0.1, 0.15) is 39.0 Å². The van der Waals surface area contributed by atoms with Crippen molar-refractivity contribution >= 4 is 11.4 Å². The molecule has 0 aliphatic heterocycles. The number of rotatable bonds is 6. The van der Waals surface area contributed by atoms with Crippen LogP contribution in [0.25, 0.3) is 0 Å². The number of nitro benzene ring substituents is 1. The van der Waals surface area contributed by atoms with Crippen LogP contribution in [0, 0.1) is 15.5 Å². The Morgan fingerprint density at radius 2 is 2.10 bits per heavy atom. The van der Waals surface area contributed by atoms with E-state index in [0.717, 1.165) is 12.2 Å². The Labute approximate surface area is 119 Å². The zero-order valence-electron chi connectivity index (χ0n) is 12.1. The molecule has 110 valence electrons. The molecule has 1 saturated carbocycles. The van der Waals surface area contributed by atoms with Gasteiger partial charge in [-0.2, -0.15) is 0 Å². The molecule has 0 atom stereocenters. The van der Waals surface area contributed by atoms with E-state index in [1.54, 1.807) is 12.1 Å². The first-order valence-electron chi connectivity index (χ1n) is 7.16. The summed E-state index contributed by atoms with van der Waals surface area (Å²) >= 11 is 0. The standard InChI is InChI=1S/C15H22N2O3/c1-3-15(8-4-5-9-15)11-16-12-6-7-13(17(18)19)14(10-12)20-2/h6-7,10,16H,3-5,8-9,11H2,1-2H3. The van der Waals surface area contributed by atoms with Crippen molar-refractivity contribution < 1.29 is 9.66 Å². The first-order chi connectivity index (χ1) is 9.60. The number of benzene rings is 1. The third kappa shape index (κ3) is 3.03. The van der Waals surface area contributed by atoms with Crippen molar-refractivity contribution in [3.05, 3.63) is 28.3 Å². The van der Waals surface area contributed by atoms with Gasteiger partial charge in [0.2, 0.25) is 0 Å². The summed E-state index contributed by atoms with van der Waals surface area (Å²) in [5, 5.41) is 14.3. The van der Waals surface area contributed by atoms with Crippen LogP contribution in [-0.4, -0.2) is 18.6 Å². The Balaban J connectivity index is 2.08. The highest BCUT2D eigenvalue weighted by atomic mass is 16.6. The number of anilines is 1. The molecule has 1 aliphatic rings. The second-order valence-corrected chi connectivity index (χ2v) is 5.56. The number of hydrogen-bond donors (Lipinski definition) is 1. The Morgan fingerprint density at radius 3 is 2.65 bits per heavy atom. The van der Waals surface area contributed by atoms with Gasteiger partial charge < -0.3 is 10.1 Å². The fraction of sp³-hybridized carbons (Fsp3) is 0.600. The van der Waals surface area contributed by atoms with Crippen LogP contribution in [0.4, 0.5) is 11.4 Å². The van der Waals surface area contributed by atoms with Crippen LogP contribution >= 0.6 is 0 Å². The van der Waals surface area contributed by atoms with Crippen LogP contribution < -0.4 is 10.1 Å². The highest BCUT2D eigenvalue weighted by Gasteiger charge is 2.31. The van der Waals surface area contributed by atoms with Crippen molar-refractivity contribution in [3.63, 3.8) is 0 Å². The number of nitrogens with one attached hydrogen (secondary N) is 1. The second kappa shape index (κ2) is 6.11. The molecule has 1 fully saturated rings. The summed E-state index contributed by atoms with van der Waals surface area (Å²) in [5.41, 5.74) is 1.27. The number of ether oxygens (including phenoxy) is 1. The molecule has 1 aromatic rings. The van der Waals surface area contributed by atoms with Crippen molar-refractivity contribution in [2.45, 2.75) is 39.0 Å². The van der Waals surface area contributed by atoms with E-state index < -0.39 is 4.92 Å². The van der Waals surface area contributed by atoms with E-state index in [9.17, 15) is 10.1 Å². The van der Waals surface area contributed by atoms with Gasteiger partial charge in [0.25, 0.3) is 0 Å². The van der Waals surface area contributed by atoms with E-state index in [1.807, 2.05) is 0 Å². The fourth-order valence-corrected chi connectivity index (χ4v) is 3.01. The molecule has 5 heteroatoms. The molecule has 20 heavy (non-hydrogen) atoms. The molecule has 0 aromatic heterocycles. The molecule has 0 saturated heterocycles. The van der Waals surface area contributed by atoms with Crippen molar-refractivity contribution in [2.75, 3.05) is 19.0 Å². The summed E-state index contributed by atoms with van der Waals surface area (Å²) in [7, 11) is 1.45.